The van der Waals surface area contributed by atoms with Gasteiger partial charge in [-0.3, -0.25) is 0 Å². The van der Waals surface area contributed by atoms with E-state index in [1.807, 2.05) is 6.08 Å². The maximum absolute atomic E-state index is 13.9. The summed E-state index contributed by atoms with van der Waals surface area (Å²) in [4.78, 5) is 0. The van der Waals surface area contributed by atoms with Crippen molar-refractivity contribution in [2.45, 2.75) is 74.2 Å². The van der Waals surface area contributed by atoms with Crippen LogP contribution in [-0.4, -0.2) is 28.3 Å². The summed E-state index contributed by atoms with van der Waals surface area (Å²) in [5.41, 5.74) is 1.75. The van der Waals surface area contributed by atoms with E-state index in [4.69, 9.17) is 0 Å². The van der Waals surface area contributed by atoms with E-state index in [0.717, 1.165) is 21.9 Å². The Bertz CT molecular complexity index is 604. The van der Waals surface area contributed by atoms with Gasteiger partial charge >= 0.3 is 164 Å². The van der Waals surface area contributed by atoms with E-state index in [-0.39, 0.29) is 15.8 Å². The Labute approximate surface area is 163 Å². The number of hydrogen-bond donors (Lipinski definition) is 1. The Morgan fingerprint density at radius 2 is 2.00 bits per heavy atom. The van der Waals surface area contributed by atoms with Crippen molar-refractivity contribution in [2.75, 3.05) is 6.54 Å². The van der Waals surface area contributed by atoms with Gasteiger partial charge in [-0.2, -0.15) is 0 Å². The molecular formula is C22H32AsF2N. The van der Waals surface area contributed by atoms with E-state index in [9.17, 15) is 8.78 Å². The first-order valence-corrected chi connectivity index (χ1v) is 12.9. The summed E-state index contributed by atoms with van der Waals surface area (Å²) >= 11 is -0.117. The Morgan fingerprint density at radius 3 is 2.69 bits per heavy atom. The molecule has 0 aromatic heterocycles. The molecule has 1 saturated heterocycles. The number of nitrogens with one attached hydrogen (secondary N) is 1. The van der Waals surface area contributed by atoms with Crippen molar-refractivity contribution < 1.29 is 8.78 Å². The molecule has 1 aromatic rings. The molecule has 0 radical (unpaired) electrons. The molecule has 0 amide bonds. The van der Waals surface area contributed by atoms with Gasteiger partial charge in [0.05, 0.1) is 0 Å². The standard InChI is InChI=1S/C22H32AsF2N/c1-16(12-18-9-10-19(24)14-21(18)25)15-23-20(22-8-5-11-26-22)13-17-6-3-2-4-7-17/h9-10,12,14,17,20,22-23,26H,2-8,11,13,15H2,1H3/t20?,22-/m0/s1. The van der Waals surface area contributed by atoms with Gasteiger partial charge in [0, 0.05) is 0 Å². The average Bonchev–Trinajstić information content (AvgIpc) is 3.16. The molecule has 4 heteroatoms. The summed E-state index contributed by atoms with van der Waals surface area (Å²) < 4.78 is 27.8. The van der Waals surface area contributed by atoms with Gasteiger partial charge in [-0.1, -0.05) is 0 Å². The quantitative estimate of drug-likeness (QED) is 0.552. The number of allylic oxidation sites excluding steroid dienone is 1. The summed E-state index contributed by atoms with van der Waals surface area (Å²) in [6.45, 7) is 3.28. The Balaban J connectivity index is 1.59. The molecule has 1 saturated carbocycles. The van der Waals surface area contributed by atoms with Crippen LogP contribution in [0.3, 0.4) is 0 Å². The van der Waals surface area contributed by atoms with E-state index >= 15 is 0 Å². The van der Waals surface area contributed by atoms with Crippen LogP contribution in [0.1, 0.15) is 63.9 Å². The van der Waals surface area contributed by atoms with Crippen LogP contribution in [0.25, 0.3) is 6.08 Å². The number of hydrogen-bond acceptors (Lipinski definition) is 1. The molecule has 1 heterocycles. The monoisotopic (exact) mass is 423 g/mol. The molecule has 1 aliphatic heterocycles. The molecule has 0 spiro atoms. The van der Waals surface area contributed by atoms with Gasteiger partial charge in [0.25, 0.3) is 0 Å². The zero-order chi connectivity index (χ0) is 18.4. The molecule has 1 nitrogen and oxygen atoms in total. The molecule has 2 aliphatic rings. The third-order valence-electron chi connectivity index (χ3n) is 5.90. The molecule has 144 valence electrons. The predicted molar refractivity (Wildman–Crippen MR) is 108 cm³/mol. The van der Waals surface area contributed by atoms with Crippen LogP contribution in [0.5, 0.6) is 0 Å². The van der Waals surface area contributed by atoms with Crippen molar-refractivity contribution in [1.82, 2.24) is 5.32 Å². The van der Waals surface area contributed by atoms with E-state index in [0.29, 0.717) is 11.6 Å². The maximum atomic E-state index is 13.9. The number of rotatable bonds is 7. The van der Waals surface area contributed by atoms with Crippen LogP contribution in [0.4, 0.5) is 8.78 Å². The molecule has 3 rings (SSSR count). The van der Waals surface area contributed by atoms with Crippen molar-refractivity contribution in [3.05, 3.63) is 41.0 Å². The second-order valence-electron chi connectivity index (χ2n) is 8.09. The number of benzene rings is 1. The van der Waals surface area contributed by atoms with Crippen LogP contribution < -0.4 is 5.32 Å². The molecule has 1 N–H and O–H groups in total. The third-order valence-corrected chi connectivity index (χ3v) is 9.94. The van der Waals surface area contributed by atoms with Crippen LogP contribution in [0.15, 0.2) is 23.8 Å². The minimum absolute atomic E-state index is 0.117. The summed E-state index contributed by atoms with van der Waals surface area (Å²) in [7, 11) is 0. The minimum atomic E-state index is -0.509. The van der Waals surface area contributed by atoms with Crippen molar-refractivity contribution >= 4 is 21.8 Å². The first-order valence-electron chi connectivity index (χ1n) is 10.2. The van der Waals surface area contributed by atoms with Crippen LogP contribution >= 0.6 is 0 Å². The SMILES string of the molecule is CC(=Cc1ccc(F)cc1F)C[AsH]C(CC1CCCCC1)[C@@H]1CCCN1. The topological polar surface area (TPSA) is 12.0 Å². The fourth-order valence-electron chi connectivity index (χ4n) is 4.45. The zero-order valence-electron chi connectivity index (χ0n) is 15.9. The molecule has 1 aromatic carbocycles. The van der Waals surface area contributed by atoms with Crippen LogP contribution in [-0.2, 0) is 0 Å². The zero-order valence-corrected chi connectivity index (χ0v) is 18.0. The van der Waals surface area contributed by atoms with Crippen LogP contribution in [0.2, 0.25) is 9.91 Å². The van der Waals surface area contributed by atoms with Gasteiger partial charge in [0.2, 0.25) is 0 Å². The Hall–Kier alpha value is -0.662. The first-order chi connectivity index (χ1) is 12.6. The second-order valence-corrected chi connectivity index (χ2v) is 11.2. The van der Waals surface area contributed by atoms with Gasteiger partial charge in [0.1, 0.15) is 0 Å². The van der Waals surface area contributed by atoms with Crippen molar-refractivity contribution in [2.24, 2.45) is 5.92 Å². The fourth-order valence-corrected chi connectivity index (χ4v) is 8.14. The van der Waals surface area contributed by atoms with Crippen molar-refractivity contribution in [3.8, 4) is 0 Å². The van der Waals surface area contributed by atoms with Gasteiger partial charge in [0.15, 0.2) is 0 Å². The molecule has 3 atom stereocenters. The van der Waals surface area contributed by atoms with Gasteiger partial charge in [-0.25, -0.2) is 0 Å². The number of halogens is 2. The summed E-state index contributed by atoms with van der Waals surface area (Å²) in [5, 5.41) is 4.86. The molecular weight excluding hydrogens is 391 g/mol. The molecule has 2 unspecified atom stereocenters. The third kappa shape index (κ3) is 5.92. The van der Waals surface area contributed by atoms with Crippen molar-refractivity contribution in [3.63, 3.8) is 0 Å². The molecule has 1 aliphatic carbocycles. The van der Waals surface area contributed by atoms with E-state index in [1.54, 1.807) is 6.07 Å². The van der Waals surface area contributed by atoms with Gasteiger partial charge in [-0.05, 0) is 0 Å². The summed E-state index contributed by atoms with van der Waals surface area (Å²) in [6.07, 6.45) is 13.1. The fraction of sp³-hybridized carbons (Fsp3) is 0.636. The Morgan fingerprint density at radius 1 is 1.19 bits per heavy atom. The van der Waals surface area contributed by atoms with E-state index < -0.39 is 11.6 Å². The second kappa shape index (κ2) is 10.0. The Kier molecular flexibility index (Phi) is 7.75. The average molecular weight is 423 g/mol. The molecule has 0 bridgehead atoms. The van der Waals surface area contributed by atoms with Crippen molar-refractivity contribution in [1.29, 1.82) is 0 Å². The molecule has 2 fully saturated rings. The normalized spacial score (nSPS) is 23.8. The summed E-state index contributed by atoms with van der Waals surface area (Å²) in [6, 6.07) is 4.58. The van der Waals surface area contributed by atoms with E-state index in [1.165, 1.54) is 69.6 Å². The molecule has 26 heavy (non-hydrogen) atoms. The van der Waals surface area contributed by atoms with Gasteiger partial charge < -0.3 is 0 Å². The van der Waals surface area contributed by atoms with Crippen LogP contribution in [0, 0.1) is 17.6 Å². The van der Waals surface area contributed by atoms with E-state index in [2.05, 4.69) is 12.2 Å². The van der Waals surface area contributed by atoms with Gasteiger partial charge in [-0.15, -0.1) is 0 Å². The predicted octanol–water partition coefficient (Wildman–Crippen LogP) is 5.73. The first kappa shape index (κ1) is 20.1. The summed E-state index contributed by atoms with van der Waals surface area (Å²) in [5.74, 6) is -0.0371.